The summed E-state index contributed by atoms with van der Waals surface area (Å²) in [6, 6.07) is 7.47. The summed E-state index contributed by atoms with van der Waals surface area (Å²) < 4.78 is 27.2. The first-order valence-electron chi connectivity index (χ1n) is 9.96. The van der Waals surface area contributed by atoms with Crippen molar-refractivity contribution in [2.24, 2.45) is 0 Å². The topological polar surface area (TPSA) is 120 Å². The molecule has 3 heterocycles. The van der Waals surface area contributed by atoms with Gasteiger partial charge in [-0.2, -0.15) is 9.97 Å². The van der Waals surface area contributed by atoms with Crippen LogP contribution in [-0.2, 0) is 21.2 Å². The van der Waals surface area contributed by atoms with Crippen LogP contribution < -0.4 is 5.32 Å². The third kappa shape index (κ3) is 3.79. The van der Waals surface area contributed by atoms with Crippen LogP contribution in [-0.4, -0.2) is 45.0 Å². The zero-order valence-electron chi connectivity index (χ0n) is 16.8. The molecule has 3 aromatic heterocycles. The lowest BCUT2D eigenvalue weighted by Gasteiger charge is -2.22. The van der Waals surface area contributed by atoms with Crippen molar-refractivity contribution < 1.29 is 13.2 Å². The van der Waals surface area contributed by atoms with Crippen LogP contribution in [0.15, 0.2) is 35.7 Å². The number of anilines is 1. The van der Waals surface area contributed by atoms with Crippen molar-refractivity contribution in [1.82, 2.24) is 24.5 Å². The Hall–Kier alpha value is -2.92. The van der Waals surface area contributed by atoms with Gasteiger partial charge in [0.1, 0.15) is 5.01 Å². The van der Waals surface area contributed by atoms with Crippen LogP contribution in [0.25, 0.3) is 21.4 Å². The van der Waals surface area contributed by atoms with E-state index in [4.69, 9.17) is 0 Å². The van der Waals surface area contributed by atoms with Crippen molar-refractivity contribution in [3.63, 3.8) is 0 Å². The van der Waals surface area contributed by atoms with Crippen LogP contribution in [0.2, 0.25) is 0 Å². The number of hydrogen-bond donors (Lipinski definition) is 1. The lowest BCUT2D eigenvalue weighted by atomic mass is 9.94. The molecule has 0 spiro atoms. The molecule has 160 valence electrons. The van der Waals surface area contributed by atoms with Gasteiger partial charge in [0, 0.05) is 12.7 Å². The predicted molar refractivity (Wildman–Crippen MR) is 118 cm³/mol. The number of nitrogens with one attached hydrogen (secondary N) is 1. The molecule has 0 aliphatic heterocycles. The van der Waals surface area contributed by atoms with Gasteiger partial charge in [-0.1, -0.05) is 18.6 Å². The van der Waals surface area contributed by atoms with Crippen LogP contribution in [0.4, 0.5) is 5.82 Å². The molecular formula is C20H20N6O3S2. The van der Waals surface area contributed by atoms with Crippen molar-refractivity contribution >= 4 is 54.2 Å². The number of imidazole rings is 1. The highest BCUT2D eigenvalue weighted by Gasteiger charge is 2.27. The summed E-state index contributed by atoms with van der Waals surface area (Å²) in [4.78, 5) is 30.0. The standard InChI is InChI=1S/C20H20N6O3S2/c1-31(28,29)20-24-18(21-10-16-23-12-6-2-5-9-15(12)30-16)17-19(25-20)26(11-22-17)13-7-3-4-8-14(13)27/h2,5-6,9,11,13H,3-4,7-8,10H2,1H3,(H,21,24,25)/t13-/m0/s1. The molecule has 4 aromatic rings. The molecule has 11 heteroatoms. The number of para-hydroxylation sites is 1. The molecule has 0 saturated heterocycles. The summed E-state index contributed by atoms with van der Waals surface area (Å²) in [5.74, 6) is 0.431. The van der Waals surface area contributed by atoms with Crippen molar-refractivity contribution in [3.05, 3.63) is 35.6 Å². The second-order valence-corrected chi connectivity index (χ2v) is 10.6. The van der Waals surface area contributed by atoms with E-state index in [9.17, 15) is 13.2 Å². The molecule has 1 atom stereocenters. The van der Waals surface area contributed by atoms with Crippen LogP contribution in [0.3, 0.4) is 0 Å². The minimum absolute atomic E-state index is 0.119. The lowest BCUT2D eigenvalue weighted by molar-refractivity contribution is -0.123. The number of rotatable bonds is 5. The molecule has 0 unspecified atom stereocenters. The monoisotopic (exact) mass is 456 g/mol. The zero-order chi connectivity index (χ0) is 21.6. The molecule has 0 radical (unpaired) electrons. The Kier molecular flexibility index (Phi) is 4.94. The second kappa shape index (κ2) is 7.65. The van der Waals surface area contributed by atoms with Crippen molar-refractivity contribution in [1.29, 1.82) is 0 Å². The van der Waals surface area contributed by atoms with Crippen LogP contribution in [0.5, 0.6) is 0 Å². The number of aromatic nitrogens is 5. The second-order valence-electron chi connectivity index (χ2n) is 7.61. The first kappa shape index (κ1) is 20.0. The Balaban J connectivity index is 1.55. The number of hydrogen-bond acceptors (Lipinski definition) is 9. The minimum Gasteiger partial charge on any atom is -0.362 e. The summed E-state index contributed by atoms with van der Waals surface area (Å²) in [5, 5.41) is 3.73. The molecule has 0 amide bonds. The quantitative estimate of drug-likeness (QED) is 0.455. The van der Waals surface area contributed by atoms with Gasteiger partial charge in [-0.05, 0) is 25.0 Å². The molecule has 1 saturated carbocycles. The maximum absolute atomic E-state index is 12.5. The number of thiazole rings is 1. The molecule has 1 fully saturated rings. The van der Waals surface area contributed by atoms with Gasteiger partial charge in [0.05, 0.1) is 29.1 Å². The van der Waals surface area contributed by atoms with E-state index >= 15 is 0 Å². The predicted octanol–water partition coefficient (Wildman–Crippen LogP) is 3.14. The Morgan fingerprint density at radius 2 is 2.03 bits per heavy atom. The SMILES string of the molecule is CS(=O)(=O)c1nc(NCc2nc3ccccc3s2)c2ncn([C@H]3CCCCC3=O)c2n1. The Bertz CT molecular complexity index is 1380. The third-order valence-corrected chi connectivity index (χ3v) is 7.22. The molecular weight excluding hydrogens is 436 g/mol. The van der Waals surface area contributed by atoms with Gasteiger partial charge in [0.25, 0.3) is 5.16 Å². The fourth-order valence-electron chi connectivity index (χ4n) is 3.83. The van der Waals surface area contributed by atoms with Crippen LogP contribution in [0.1, 0.15) is 36.7 Å². The summed E-state index contributed by atoms with van der Waals surface area (Å²) >= 11 is 1.55. The molecule has 9 nitrogen and oxygen atoms in total. The number of fused-ring (bicyclic) bond motifs is 2. The van der Waals surface area contributed by atoms with E-state index in [2.05, 4.69) is 25.3 Å². The van der Waals surface area contributed by atoms with E-state index in [1.807, 2.05) is 24.3 Å². The number of Topliss-reactive ketones (excluding diaryl/α,β-unsaturated/α-hetero) is 1. The van der Waals surface area contributed by atoms with E-state index in [1.54, 1.807) is 22.2 Å². The number of carbonyl (C=O) groups is 1. The highest BCUT2D eigenvalue weighted by Crippen LogP contribution is 2.30. The normalized spacial score (nSPS) is 17.5. The molecule has 1 aliphatic carbocycles. The first-order valence-corrected chi connectivity index (χ1v) is 12.7. The van der Waals surface area contributed by atoms with Gasteiger partial charge in [-0.3, -0.25) is 4.79 Å². The number of nitrogens with zero attached hydrogens (tertiary/aromatic N) is 5. The van der Waals surface area contributed by atoms with E-state index in [0.29, 0.717) is 36.4 Å². The van der Waals surface area contributed by atoms with Gasteiger partial charge in [-0.15, -0.1) is 11.3 Å². The number of carbonyl (C=O) groups excluding carboxylic acids is 1. The summed E-state index contributed by atoms with van der Waals surface area (Å²) in [7, 11) is -3.66. The van der Waals surface area contributed by atoms with Gasteiger partial charge in [-0.25, -0.2) is 18.4 Å². The summed E-state index contributed by atoms with van der Waals surface area (Å²) in [5.41, 5.74) is 1.70. The zero-order valence-corrected chi connectivity index (χ0v) is 18.4. The highest BCUT2D eigenvalue weighted by atomic mass is 32.2. The number of sulfone groups is 1. The van der Waals surface area contributed by atoms with Crippen molar-refractivity contribution in [2.75, 3.05) is 11.6 Å². The Morgan fingerprint density at radius 3 is 2.81 bits per heavy atom. The van der Waals surface area contributed by atoms with Crippen LogP contribution >= 0.6 is 11.3 Å². The average molecular weight is 457 g/mol. The molecule has 0 bridgehead atoms. The van der Waals surface area contributed by atoms with Crippen molar-refractivity contribution in [2.45, 2.75) is 43.4 Å². The highest BCUT2D eigenvalue weighted by molar-refractivity contribution is 7.90. The molecule has 1 N–H and O–H groups in total. The van der Waals surface area contributed by atoms with E-state index in [1.165, 1.54) is 0 Å². The van der Waals surface area contributed by atoms with E-state index in [-0.39, 0.29) is 17.0 Å². The number of benzene rings is 1. The maximum Gasteiger partial charge on any atom is 0.250 e. The third-order valence-electron chi connectivity index (χ3n) is 5.34. The molecule has 1 aliphatic rings. The van der Waals surface area contributed by atoms with Crippen molar-refractivity contribution in [3.8, 4) is 0 Å². The van der Waals surface area contributed by atoms with Crippen LogP contribution in [0, 0.1) is 0 Å². The first-order chi connectivity index (χ1) is 14.9. The smallest absolute Gasteiger partial charge is 0.250 e. The number of ketones is 1. The van der Waals surface area contributed by atoms with E-state index in [0.717, 1.165) is 34.3 Å². The molecule has 31 heavy (non-hydrogen) atoms. The summed E-state index contributed by atoms with van der Waals surface area (Å²) in [6.45, 7) is 0.365. The fourth-order valence-corrected chi connectivity index (χ4v) is 5.24. The van der Waals surface area contributed by atoms with E-state index < -0.39 is 9.84 Å². The van der Waals surface area contributed by atoms with Gasteiger partial charge >= 0.3 is 0 Å². The lowest BCUT2D eigenvalue weighted by Crippen LogP contribution is -2.23. The minimum atomic E-state index is -3.66. The van der Waals surface area contributed by atoms with Gasteiger partial charge < -0.3 is 9.88 Å². The molecule has 5 rings (SSSR count). The summed E-state index contributed by atoms with van der Waals surface area (Å²) in [6.07, 6.45) is 5.64. The van der Waals surface area contributed by atoms with Gasteiger partial charge in [0.2, 0.25) is 9.84 Å². The molecule has 1 aromatic carbocycles. The largest absolute Gasteiger partial charge is 0.362 e. The average Bonchev–Trinajstić information content (AvgIpc) is 3.35. The maximum atomic E-state index is 12.5. The Labute approximate surface area is 182 Å². The van der Waals surface area contributed by atoms with Gasteiger partial charge in [0.15, 0.2) is 22.8 Å². The Morgan fingerprint density at radius 1 is 1.19 bits per heavy atom. The fraction of sp³-hybridized carbons (Fsp3) is 0.350.